The summed E-state index contributed by atoms with van der Waals surface area (Å²) in [5.41, 5.74) is 3.65. The lowest BCUT2D eigenvalue weighted by atomic mass is 10.1. The van der Waals surface area contributed by atoms with Crippen LogP contribution >= 0.6 is 0 Å². The summed E-state index contributed by atoms with van der Waals surface area (Å²) in [6, 6.07) is 6.44. The first kappa shape index (κ1) is 18.0. The van der Waals surface area contributed by atoms with Gasteiger partial charge in [0, 0.05) is 44.3 Å². The van der Waals surface area contributed by atoms with Crippen LogP contribution in [0.15, 0.2) is 24.4 Å². The average molecular weight is 337 g/mol. The molecule has 0 aliphatic rings. The Kier molecular flexibility index (Phi) is 5.49. The van der Waals surface area contributed by atoms with E-state index in [2.05, 4.69) is 54.5 Å². The van der Waals surface area contributed by atoms with Gasteiger partial charge in [-0.15, -0.1) is 0 Å². The molecule has 2 rings (SSSR count). The molecule has 1 heterocycles. The predicted octanol–water partition coefficient (Wildman–Crippen LogP) is 2.54. The van der Waals surface area contributed by atoms with Crippen molar-refractivity contribution in [2.24, 2.45) is 5.92 Å². The zero-order valence-corrected chi connectivity index (χ0v) is 15.4. The van der Waals surface area contributed by atoms with Gasteiger partial charge in [-0.1, -0.05) is 26.0 Å². The number of rotatable bonds is 7. The molecular formula is C17H27N3O2S. The second-order valence-corrected chi connectivity index (χ2v) is 8.62. The van der Waals surface area contributed by atoms with Gasteiger partial charge in [0.15, 0.2) is 0 Å². The molecule has 2 aromatic rings. The molecule has 0 amide bonds. The Bertz CT molecular complexity index is 776. The largest absolute Gasteiger partial charge is 0.347 e. The Morgan fingerprint density at radius 2 is 1.96 bits per heavy atom. The highest BCUT2D eigenvalue weighted by molar-refractivity contribution is 7.87. The van der Waals surface area contributed by atoms with Gasteiger partial charge in [-0.05, 0) is 36.5 Å². The van der Waals surface area contributed by atoms with Gasteiger partial charge in [0.25, 0.3) is 10.2 Å². The molecule has 128 valence electrons. The van der Waals surface area contributed by atoms with Crippen molar-refractivity contribution >= 4 is 21.1 Å². The highest BCUT2D eigenvalue weighted by Gasteiger charge is 2.14. The molecule has 1 aromatic heterocycles. The van der Waals surface area contributed by atoms with Gasteiger partial charge >= 0.3 is 0 Å². The Hall–Kier alpha value is -1.37. The molecule has 1 aromatic carbocycles. The van der Waals surface area contributed by atoms with Crippen molar-refractivity contribution in [1.82, 2.24) is 13.6 Å². The molecule has 0 saturated heterocycles. The molecule has 0 aliphatic heterocycles. The number of aromatic nitrogens is 1. The number of nitrogens with zero attached hydrogens (tertiary/aromatic N) is 2. The topological polar surface area (TPSA) is 54.3 Å². The average Bonchev–Trinajstić information content (AvgIpc) is 2.75. The first-order valence-corrected chi connectivity index (χ1v) is 9.40. The minimum atomic E-state index is -3.36. The summed E-state index contributed by atoms with van der Waals surface area (Å²) in [4.78, 5) is 0. The molecule has 0 spiro atoms. The van der Waals surface area contributed by atoms with Crippen molar-refractivity contribution < 1.29 is 8.42 Å². The van der Waals surface area contributed by atoms with Crippen molar-refractivity contribution in [3.05, 3.63) is 35.5 Å². The number of benzene rings is 1. The Balaban J connectivity index is 2.24. The van der Waals surface area contributed by atoms with Crippen LogP contribution in [0.25, 0.3) is 10.9 Å². The smallest absolute Gasteiger partial charge is 0.278 e. The lowest BCUT2D eigenvalue weighted by Gasteiger charge is -2.11. The predicted molar refractivity (Wildman–Crippen MR) is 95.8 cm³/mol. The normalized spacial score (nSPS) is 12.7. The molecule has 0 aliphatic carbocycles. The van der Waals surface area contributed by atoms with Crippen molar-refractivity contribution in [3.8, 4) is 0 Å². The summed E-state index contributed by atoms with van der Waals surface area (Å²) >= 11 is 0. The van der Waals surface area contributed by atoms with E-state index >= 15 is 0 Å². The van der Waals surface area contributed by atoms with E-state index in [9.17, 15) is 8.42 Å². The fourth-order valence-corrected chi connectivity index (χ4v) is 3.28. The van der Waals surface area contributed by atoms with Crippen LogP contribution in [0.4, 0.5) is 0 Å². The molecular weight excluding hydrogens is 310 g/mol. The minimum absolute atomic E-state index is 0.398. The summed E-state index contributed by atoms with van der Waals surface area (Å²) < 4.78 is 29.7. The molecule has 23 heavy (non-hydrogen) atoms. The van der Waals surface area contributed by atoms with Gasteiger partial charge in [-0.2, -0.15) is 12.7 Å². The van der Waals surface area contributed by atoms with E-state index in [1.807, 2.05) is 0 Å². The molecule has 0 radical (unpaired) electrons. The van der Waals surface area contributed by atoms with E-state index in [4.69, 9.17) is 0 Å². The quantitative estimate of drug-likeness (QED) is 0.844. The van der Waals surface area contributed by atoms with Crippen LogP contribution in [0.3, 0.4) is 0 Å². The van der Waals surface area contributed by atoms with Crippen LogP contribution in [0.2, 0.25) is 0 Å². The van der Waals surface area contributed by atoms with Gasteiger partial charge in [-0.3, -0.25) is 0 Å². The van der Waals surface area contributed by atoms with Crippen LogP contribution in [0.5, 0.6) is 0 Å². The Morgan fingerprint density at radius 3 is 2.57 bits per heavy atom. The number of fused-ring (bicyclic) bond motifs is 1. The third-order valence-electron chi connectivity index (χ3n) is 3.84. The van der Waals surface area contributed by atoms with Crippen LogP contribution in [-0.2, 0) is 23.2 Å². The van der Waals surface area contributed by atoms with E-state index in [1.165, 1.54) is 40.4 Å². The Labute approximate surface area is 139 Å². The maximum absolute atomic E-state index is 11.8. The summed E-state index contributed by atoms with van der Waals surface area (Å²) in [5.74, 6) is 0.561. The maximum atomic E-state index is 11.8. The van der Waals surface area contributed by atoms with Gasteiger partial charge in [0.1, 0.15) is 0 Å². The van der Waals surface area contributed by atoms with Crippen molar-refractivity contribution in [2.75, 3.05) is 20.6 Å². The van der Waals surface area contributed by atoms with Gasteiger partial charge in [0.2, 0.25) is 0 Å². The van der Waals surface area contributed by atoms with Crippen LogP contribution in [0.1, 0.15) is 25.0 Å². The van der Waals surface area contributed by atoms with Crippen molar-refractivity contribution in [1.29, 1.82) is 0 Å². The summed E-state index contributed by atoms with van der Waals surface area (Å²) in [6.45, 7) is 7.86. The summed E-state index contributed by atoms with van der Waals surface area (Å²) in [5, 5.41) is 1.21. The number of hydrogen-bond acceptors (Lipinski definition) is 2. The van der Waals surface area contributed by atoms with E-state index < -0.39 is 10.2 Å². The molecule has 0 bridgehead atoms. The monoisotopic (exact) mass is 337 g/mol. The van der Waals surface area contributed by atoms with E-state index in [-0.39, 0.29) is 0 Å². The molecule has 0 fully saturated rings. The summed E-state index contributed by atoms with van der Waals surface area (Å²) in [6.07, 6.45) is 2.84. The molecule has 0 atom stereocenters. The zero-order chi connectivity index (χ0) is 17.2. The van der Waals surface area contributed by atoms with Crippen molar-refractivity contribution in [2.45, 2.75) is 33.7 Å². The minimum Gasteiger partial charge on any atom is -0.347 e. The van der Waals surface area contributed by atoms with E-state index in [0.717, 1.165) is 6.54 Å². The standard InChI is InChI=1S/C17H27N3O2S/c1-13(2)11-20-12-15(8-9-18-23(21,22)19(4)5)16-7-6-14(3)10-17(16)20/h6-7,10,12-13,18H,8-9,11H2,1-5H3. The number of aryl methyl sites for hydroxylation is 1. The van der Waals surface area contributed by atoms with Crippen LogP contribution in [-0.4, -0.2) is 37.9 Å². The lowest BCUT2D eigenvalue weighted by Crippen LogP contribution is -2.36. The Morgan fingerprint density at radius 1 is 1.26 bits per heavy atom. The first-order valence-electron chi connectivity index (χ1n) is 7.96. The van der Waals surface area contributed by atoms with Crippen LogP contribution < -0.4 is 4.72 Å². The molecule has 1 N–H and O–H groups in total. The van der Waals surface area contributed by atoms with Crippen LogP contribution in [0, 0.1) is 12.8 Å². The highest BCUT2D eigenvalue weighted by Crippen LogP contribution is 2.24. The maximum Gasteiger partial charge on any atom is 0.278 e. The molecule has 5 nitrogen and oxygen atoms in total. The van der Waals surface area contributed by atoms with Gasteiger partial charge < -0.3 is 4.57 Å². The highest BCUT2D eigenvalue weighted by atomic mass is 32.2. The van der Waals surface area contributed by atoms with Gasteiger partial charge in [-0.25, -0.2) is 4.72 Å². The molecule has 0 unspecified atom stereocenters. The molecule has 6 heteroatoms. The summed E-state index contributed by atoms with van der Waals surface area (Å²) in [7, 11) is -0.309. The van der Waals surface area contributed by atoms with E-state index in [0.29, 0.717) is 18.9 Å². The molecule has 0 saturated carbocycles. The zero-order valence-electron chi connectivity index (χ0n) is 14.6. The second kappa shape index (κ2) is 7.03. The van der Waals surface area contributed by atoms with Gasteiger partial charge in [0.05, 0.1) is 0 Å². The third kappa shape index (κ3) is 4.34. The SMILES string of the molecule is Cc1ccc2c(CCNS(=O)(=O)N(C)C)cn(CC(C)C)c2c1. The van der Waals surface area contributed by atoms with E-state index in [1.54, 1.807) is 0 Å². The fourth-order valence-electron chi connectivity index (χ4n) is 2.67. The number of hydrogen-bond donors (Lipinski definition) is 1. The fraction of sp³-hybridized carbons (Fsp3) is 0.529. The second-order valence-electron chi connectivity index (χ2n) is 6.65. The third-order valence-corrected chi connectivity index (χ3v) is 5.37. The lowest BCUT2D eigenvalue weighted by molar-refractivity contribution is 0.506. The van der Waals surface area contributed by atoms with Crippen molar-refractivity contribution in [3.63, 3.8) is 0 Å². The first-order chi connectivity index (χ1) is 10.7. The number of nitrogens with one attached hydrogen (secondary N) is 1.